The van der Waals surface area contributed by atoms with Crippen LogP contribution in [0.25, 0.3) is 0 Å². The molecular formula is C68H130O6. The summed E-state index contributed by atoms with van der Waals surface area (Å²) >= 11 is 0. The SMILES string of the molecule is CCCCCCCCCC/C=C\CCCCCCCCCCCCCCCCCCCC(=O)OCC(COC(=O)CCCCCCCCCC)OC(=O)CCCCCCCCCCCCCCCCCCCCC. The Hall–Kier alpha value is -1.85. The molecule has 438 valence electrons. The van der Waals surface area contributed by atoms with Gasteiger partial charge in [-0.25, -0.2) is 0 Å². The normalized spacial score (nSPS) is 12.0. The van der Waals surface area contributed by atoms with Crippen molar-refractivity contribution in [1.29, 1.82) is 0 Å². The van der Waals surface area contributed by atoms with Crippen molar-refractivity contribution in [3.05, 3.63) is 12.2 Å². The Bertz CT molecular complexity index is 1150. The highest BCUT2D eigenvalue weighted by molar-refractivity contribution is 5.71. The number of unbranched alkanes of at least 4 members (excludes halogenated alkanes) is 50. The number of allylic oxidation sites excluding steroid dienone is 2. The molecule has 1 unspecified atom stereocenters. The highest BCUT2D eigenvalue weighted by Crippen LogP contribution is 2.18. The zero-order valence-corrected chi connectivity index (χ0v) is 50.4. The lowest BCUT2D eigenvalue weighted by Gasteiger charge is -2.18. The van der Waals surface area contributed by atoms with E-state index in [-0.39, 0.29) is 31.1 Å². The van der Waals surface area contributed by atoms with Gasteiger partial charge in [0.05, 0.1) is 0 Å². The molecule has 0 aliphatic carbocycles. The van der Waals surface area contributed by atoms with Gasteiger partial charge in [0.15, 0.2) is 6.10 Å². The first-order valence-electron chi connectivity index (χ1n) is 33.7. The molecule has 1 atom stereocenters. The minimum Gasteiger partial charge on any atom is -0.462 e. The molecule has 6 heteroatoms. The van der Waals surface area contributed by atoms with Gasteiger partial charge < -0.3 is 14.2 Å². The second-order valence-electron chi connectivity index (χ2n) is 23.1. The molecule has 0 spiro atoms. The Morgan fingerprint density at radius 1 is 0.257 bits per heavy atom. The van der Waals surface area contributed by atoms with E-state index in [2.05, 4.69) is 32.9 Å². The molecule has 0 aromatic carbocycles. The van der Waals surface area contributed by atoms with Gasteiger partial charge in [0.2, 0.25) is 0 Å². The molecule has 0 radical (unpaired) electrons. The Morgan fingerprint density at radius 3 is 0.676 bits per heavy atom. The fourth-order valence-corrected chi connectivity index (χ4v) is 10.4. The summed E-state index contributed by atoms with van der Waals surface area (Å²) < 4.78 is 16.9. The summed E-state index contributed by atoms with van der Waals surface area (Å²) in [5.41, 5.74) is 0. The maximum absolute atomic E-state index is 12.9. The minimum absolute atomic E-state index is 0.0630. The second-order valence-corrected chi connectivity index (χ2v) is 23.1. The van der Waals surface area contributed by atoms with E-state index in [1.807, 2.05) is 0 Å². The van der Waals surface area contributed by atoms with E-state index >= 15 is 0 Å². The number of hydrogen-bond acceptors (Lipinski definition) is 6. The van der Waals surface area contributed by atoms with Crippen LogP contribution in [0.4, 0.5) is 0 Å². The molecule has 0 rings (SSSR count). The molecule has 0 heterocycles. The summed E-state index contributed by atoms with van der Waals surface area (Å²) in [6, 6.07) is 0. The van der Waals surface area contributed by atoms with Gasteiger partial charge in [-0.05, 0) is 44.9 Å². The molecule has 74 heavy (non-hydrogen) atoms. The van der Waals surface area contributed by atoms with E-state index < -0.39 is 6.10 Å². The van der Waals surface area contributed by atoms with Crippen LogP contribution in [-0.2, 0) is 28.6 Å². The molecule has 6 nitrogen and oxygen atoms in total. The van der Waals surface area contributed by atoms with Crippen molar-refractivity contribution in [3.8, 4) is 0 Å². The summed E-state index contributed by atoms with van der Waals surface area (Å²) in [6.07, 6.45) is 75.4. The van der Waals surface area contributed by atoms with Crippen LogP contribution in [0.3, 0.4) is 0 Å². The molecule has 0 fully saturated rings. The first-order valence-corrected chi connectivity index (χ1v) is 33.7. The monoisotopic (exact) mass is 1040 g/mol. The standard InChI is InChI=1S/C68H130O6/c1-4-7-10-13-16-19-21-23-25-27-29-30-31-32-33-34-35-36-37-38-40-41-43-45-47-49-52-55-58-61-67(70)73-64-65(63-72-66(69)60-57-54-51-18-15-12-9-6-3)74-68(71)62-59-56-53-50-48-46-44-42-39-28-26-24-22-20-17-14-11-8-5-2/h27,29,65H,4-26,28,30-64H2,1-3H3/b29-27-. The lowest BCUT2D eigenvalue weighted by molar-refractivity contribution is -0.167. The Morgan fingerprint density at radius 2 is 0.446 bits per heavy atom. The third kappa shape index (κ3) is 61.0. The van der Waals surface area contributed by atoms with Crippen LogP contribution in [0.15, 0.2) is 12.2 Å². The molecule has 0 amide bonds. The van der Waals surface area contributed by atoms with Crippen molar-refractivity contribution in [2.45, 2.75) is 393 Å². The number of ether oxygens (including phenoxy) is 3. The number of carbonyl (C=O) groups is 3. The van der Waals surface area contributed by atoms with E-state index in [1.165, 1.54) is 289 Å². The number of carbonyl (C=O) groups excluding carboxylic acids is 3. The minimum atomic E-state index is -0.763. The predicted molar refractivity (Wildman–Crippen MR) is 321 cm³/mol. The van der Waals surface area contributed by atoms with Crippen LogP contribution in [0, 0.1) is 0 Å². The first kappa shape index (κ1) is 72.2. The van der Waals surface area contributed by atoms with Crippen LogP contribution in [-0.4, -0.2) is 37.2 Å². The number of hydrogen-bond donors (Lipinski definition) is 0. The quantitative estimate of drug-likeness (QED) is 0.0261. The van der Waals surface area contributed by atoms with Crippen LogP contribution in [0.5, 0.6) is 0 Å². The predicted octanol–water partition coefficient (Wildman–Crippen LogP) is 22.8. The van der Waals surface area contributed by atoms with Crippen molar-refractivity contribution in [1.82, 2.24) is 0 Å². The van der Waals surface area contributed by atoms with Crippen molar-refractivity contribution in [2.75, 3.05) is 13.2 Å². The Labute approximate surface area is 462 Å². The molecule has 0 N–H and O–H groups in total. The zero-order chi connectivity index (χ0) is 53.6. The van der Waals surface area contributed by atoms with Crippen LogP contribution in [0.2, 0.25) is 0 Å². The van der Waals surface area contributed by atoms with Crippen molar-refractivity contribution in [3.63, 3.8) is 0 Å². The Balaban J connectivity index is 4.03. The fourth-order valence-electron chi connectivity index (χ4n) is 10.4. The van der Waals surface area contributed by atoms with Crippen molar-refractivity contribution in [2.24, 2.45) is 0 Å². The summed E-state index contributed by atoms with van der Waals surface area (Å²) in [6.45, 7) is 6.69. The highest BCUT2D eigenvalue weighted by Gasteiger charge is 2.19. The van der Waals surface area contributed by atoms with E-state index in [4.69, 9.17) is 14.2 Å². The lowest BCUT2D eigenvalue weighted by atomic mass is 10.0. The van der Waals surface area contributed by atoms with Gasteiger partial charge in [0, 0.05) is 19.3 Å². The van der Waals surface area contributed by atoms with Gasteiger partial charge in [0.1, 0.15) is 13.2 Å². The van der Waals surface area contributed by atoms with Gasteiger partial charge in [0.25, 0.3) is 0 Å². The first-order chi connectivity index (χ1) is 36.5. The summed E-state index contributed by atoms with van der Waals surface area (Å²) in [7, 11) is 0. The molecular weight excluding hydrogens is 913 g/mol. The third-order valence-corrected chi connectivity index (χ3v) is 15.5. The fraction of sp³-hybridized carbons (Fsp3) is 0.926. The van der Waals surface area contributed by atoms with Gasteiger partial charge in [-0.2, -0.15) is 0 Å². The molecule has 0 saturated carbocycles. The van der Waals surface area contributed by atoms with E-state index in [1.54, 1.807) is 0 Å². The largest absolute Gasteiger partial charge is 0.462 e. The summed E-state index contributed by atoms with van der Waals surface area (Å²) in [4.78, 5) is 38.1. The number of esters is 3. The molecule has 0 aliphatic heterocycles. The summed E-state index contributed by atoms with van der Waals surface area (Å²) in [5, 5.41) is 0. The third-order valence-electron chi connectivity index (χ3n) is 15.5. The van der Waals surface area contributed by atoms with Crippen LogP contribution in [0.1, 0.15) is 387 Å². The molecule has 0 saturated heterocycles. The zero-order valence-electron chi connectivity index (χ0n) is 50.4. The van der Waals surface area contributed by atoms with Gasteiger partial charge >= 0.3 is 17.9 Å². The average molecular weight is 1040 g/mol. The average Bonchev–Trinajstić information content (AvgIpc) is 3.40. The van der Waals surface area contributed by atoms with Crippen molar-refractivity contribution >= 4 is 17.9 Å². The lowest BCUT2D eigenvalue weighted by Crippen LogP contribution is -2.30. The maximum Gasteiger partial charge on any atom is 0.306 e. The summed E-state index contributed by atoms with van der Waals surface area (Å²) in [5.74, 6) is -0.837. The highest BCUT2D eigenvalue weighted by atomic mass is 16.6. The van der Waals surface area contributed by atoms with E-state index in [9.17, 15) is 14.4 Å². The van der Waals surface area contributed by atoms with E-state index in [0.717, 1.165) is 57.8 Å². The Kier molecular flexibility index (Phi) is 62.1. The topological polar surface area (TPSA) is 78.9 Å². The van der Waals surface area contributed by atoms with Crippen molar-refractivity contribution < 1.29 is 28.6 Å². The maximum atomic E-state index is 12.9. The smallest absolute Gasteiger partial charge is 0.306 e. The molecule has 0 bridgehead atoms. The molecule has 0 aromatic rings. The van der Waals surface area contributed by atoms with E-state index in [0.29, 0.717) is 19.3 Å². The molecule has 0 aliphatic rings. The van der Waals surface area contributed by atoms with Crippen LogP contribution < -0.4 is 0 Å². The molecule has 0 aromatic heterocycles. The van der Waals surface area contributed by atoms with Gasteiger partial charge in [-0.3, -0.25) is 14.4 Å². The van der Waals surface area contributed by atoms with Crippen LogP contribution >= 0.6 is 0 Å². The van der Waals surface area contributed by atoms with Gasteiger partial charge in [-0.1, -0.05) is 335 Å². The second kappa shape index (κ2) is 63.7. The van der Waals surface area contributed by atoms with Gasteiger partial charge in [-0.15, -0.1) is 0 Å². The number of rotatable bonds is 63.